The molecule has 0 aliphatic carbocycles. The van der Waals surface area contributed by atoms with Gasteiger partial charge in [-0.15, -0.1) is 0 Å². The van der Waals surface area contributed by atoms with Gasteiger partial charge in [-0.3, -0.25) is 10.4 Å². The summed E-state index contributed by atoms with van der Waals surface area (Å²) >= 11 is 3.58. The molecule has 0 fully saturated rings. The summed E-state index contributed by atoms with van der Waals surface area (Å²) < 4.78 is 1.01. The monoisotopic (exact) mass is 357 g/mol. The first-order valence-electron chi connectivity index (χ1n) is 4.66. The van der Waals surface area contributed by atoms with Gasteiger partial charge in [0.05, 0.1) is 11.2 Å². The molecule has 0 unspecified atom stereocenters. The van der Waals surface area contributed by atoms with Crippen LogP contribution in [0.1, 0.15) is 0 Å². The highest BCUT2D eigenvalue weighted by molar-refractivity contribution is 14.1. The van der Waals surface area contributed by atoms with Crippen molar-refractivity contribution in [3.05, 3.63) is 21.9 Å². The van der Waals surface area contributed by atoms with Crippen LogP contribution in [0.15, 0.2) is 23.2 Å². The van der Waals surface area contributed by atoms with E-state index in [1.54, 1.807) is 0 Å². The number of nitrogens with zero attached hydrogens (tertiary/aromatic N) is 3. The van der Waals surface area contributed by atoms with Gasteiger partial charge in [-0.05, 0) is 47.0 Å². The first-order valence-corrected chi connectivity index (χ1v) is 6.96. The van der Waals surface area contributed by atoms with E-state index in [0.717, 1.165) is 20.3 Å². The van der Waals surface area contributed by atoms with Gasteiger partial charge in [-0.25, -0.2) is 4.99 Å². The number of amidine groups is 1. The number of aromatic nitrogens is 2. The van der Waals surface area contributed by atoms with Crippen molar-refractivity contribution in [2.45, 2.75) is 0 Å². The highest BCUT2D eigenvalue weighted by Crippen LogP contribution is 2.23. The fourth-order valence-corrected chi connectivity index (χ4v) is 2.25. The zero-order valence-electron chi connectivity index (χ0n) is 8.86. The van der Waals surface area contributed by atoms with Crippen LogP contribution in [0.4, 0.5) is 5.69 Å². The molecular formula is C10H8IN5S. The Morgan fingerprint density at radius 1 is 1.65 bits per heavy atom. The Bertz CT molecular complexity index is 613. The Morgan fingerprint density at radius 3 is 3.18 bits per heavy atom. The maximum atomic E-state index is 8.55. The molecule has 0 amide bonds. The molecule has 0 bridgehead atoms. The number of fused-ring (bicyclic) bond motifs is 1. The molecule has 17 heavy (non-hydrogen) atoms. The predicted octanol–water partition coefficient (Wildman–Crippen LogP) is 2.59. The lowest BCUT2D eigenvalue weighted by molar-refractivity contribution is 1.09. The average molecular weight is 357 g/mol. The SMILES string of the molecule is CSC(=Nc1ccc2c(I)[nH]nc2c1)NC#N. The zero-order chi connectivity index (χ0) is 12.3. The maximum Gasteiger partial charge on any atom is 0.183 e. The average Bonchev–Trinajstić information content (AvgIpc) is 2.70. The van der Waals surface area contributed by atoms with Crippen LogP contribution in [-0.2, 0) is 0 Å². The van der Waals surface area contributed by atoms with Gasteiger partial charge in [0.25, 0.3) is 0 Å². The second-order valence-electron chi connectivity index (χ2n) is 3.10. The molecule has 2 N–H and O–H groups in total. The van der Waals surface area contributed by atoms with E-state index in [1.807, 2.05) is 30.6 Å². The highest BCUT2D eigenvalue weighted by atomic mass is 127. The van der Waals surface area contributed by atoms with Gasteiger partial charge < -0.3 is 0 Å². The van der Waals surface area contributed by atoms with Gasteiger partial charge in [0.2, 0.25) is 0 Å². The van der Waals surface area contributed by atoms with E-state index in [4.69, 9.17) is 5.26 Å². The molecule has 0 aliphatic heterocycles. The Labute approximate surface area is 116 Å². The molecule has 2 rings (SSSR count). The van der Waals surface area contributed by atoms with Gasteiger partial charge in [0, 0.05) is 5.39 Å². The summed E-state index contributed by atoms with van der Waals surface area (Å²) in [6, 6.07) is 5.74. The van der Waals surface area contributed by atoms with Gasteiger partial charge in [0.1, 0.15) is 3.70 Å². The molecule has 0 radical (unpaired) electrons. The largest absolute Gasteiger partial charge is 0.271 e. The van der Waals surface area contributed by atoms with Gasteiger partial charge in [-0.1, -0.05) is 11.8 Å². The van der Waals surface area contributed by atoms with Crippen LogP contribution in [-0.4, -0.2) is 21.6 Å². The number of aliphatic imine (C=N–C) groups is 1. The molecule has 86 valence electrons. The summed E-state index contributed by atoms with van der Waals surface area (Å²) in [5, 5.41) is 19.8. The first kappa shape index (κ1) is 12.2. The van der Waals surface area contributed by atoms with Crippen molar-refractivity contribution in [3.8, 4) is 6.19 Å². The molecule has 2 aromatic rings. The fourth-order valence-electron chi connectivity index (χ4n) is 1.33. The molecule has 1 aromatic heterocycles. The Balaban J connectivity index is 2.40. The van der Waals surface area contributed by atoms with Crippen molar-refractivity contribution in [1.29, 1.82) is 5.26 Å². The molecule has 0 spiro atoms. The standard InChI is InChI=1S/C10H8IN5S/c1-17-10(13-5-12)14-6-2-3-7-8(4-6)15-16-9(7)11/h2-4H,1H3,(H,13,14)(H,15,16). The summed E-state index contributed by atoms with van der Waals surface area (Å²) in [7, 11) is 0. The van der Waals surface area contributed by atoms with Crippen LogP contribution in [0.3, 0.4) is 0 Å². The zero-order valence-corrected chi connectivity index (χ0v) is 11.8. The number of aromatic amines is 1. The summed E-state index contributed by atoms with van der Waals surface area (Å²) in [6.07, 6.45) is 3.72. The molecular weight excluding hydrogens is 349 g/mol. The van der Waals surface area contributed by atoms with Crippen molar-refractivity contribution < 1.29 is 0 Å². The van der Waals surface area contributed by atoms with Crippen LogP contribution >= 0.6 is 34.4 Å². The predicted molar refractivity (Wildman–Crippen MR) is 78.2 cm³/mol. The molecule has 0 aliphatic rings. The third-order valence-electron chi connectivity index (χ3n) is 2.08. The fraction of sp³-hybridized carbons (Fsp3) is 0.100. The molecule has 1 heterocycles. The molecule has 7 heteroatoms. The third-order valence-corrected chi connectivity index (χ3v) is 3.48. The van der Waals surface area contributed by atoms with E-state index in [2.05, 4.69) is 43.1 Å². The van der Waals surface area contributed by atoms with E-state index in [0.29, 0.717) is 5.17 Å². The lowest BCUT2D eigenvalue weighted by atomic mass is 10.2. The topological polar surface area (TPSA) is 76.9 Å². The number of thioether (sulfide) groups is 1. The van der Waals surface area contributed by atoms with Gasteiger partial charge in [-0.2, -0.15) is 10.4 Å². The number of halogens is 1. The van der Waals surface area contributed by atoms with Crippen LogP contribution < -0.4 is 5.32 Å². The van der Waals surface area contributed by atoms with E-state index < -0.39 is 0 Å². The van der Waals surface area contributed by atoms with Crippen LogP contribution in [0.2, 0.25) is 0 Å². The number of hydrogen-bond donors (Lipinski definition) is 2. The quantitative estimate of drug-likeness (QED) is 0.270. The first-order chi connectivity index (χ1) is 8.24. The second kappa shape index (κ2) is 5.37. The normalized spacial score (nSPS) is 11.5. The van der Waals surface area contributed by atoms with Crippen molar-refractivity contribution in [3.63, 3.8) is 0 Å². The summed E-state index contributed by atoms with van der Waals surface area (Å²) in [6.45, 7) is 0. The Morgan fingerprint density at radius 2 is 2.47 bits per heavy atom. The smallest absolute Gasteiger partial charge is 0.183 e. The van der Waals surface area contributed by atoms with Crippen LogP contribution in [0.25, 0.3) is 10.9 Å². The molecule has 0 saturated carbocycles. The van der Waals surface area contributed by atoms with E-state index in [9.17, 15) is 0 Å². The number of nitriles is 1. The van der Waals surface area contributed by atoms with Gasteiger partial charge in [0.15, 0.2) is 11.4 Å². The highest BCUT2D eigenvalue weighted by Gasteiger charge is 2.03. The van der Waals surface area contributed by atoms with Crippen molar-refractivity contribution in [2.75, 3.05) is 6.26 Å². The van der Waals surface area contributed by atoms with Crippen LogP contribution in [0.5, 0.6) is 0 Å². The maximum absolute atomic E-state index is 8.55. The Kier molecular flexibility index (Phi) is 3.86. The van der Waals surface area contributed by atoms with Crippen molar-refractivity contribution in [2.24, 2.45) is 4.99 Å². The number of H-pyrrole nitrogens is 1. The third kappa shape index (κ3) is 2.70. The minimum absolute atomic E-state index is 0.567. The Hall–Kier alpha value is -1.27. The van der Waals surface area contributed by atoms with Crippen molar-refractivity contribution >= 4 is 56.1 Å². The lowest BCUT2D eigenvalue weighted by Gasteiger charge is -1.99. The van der Waals surface area contributed by atoms with Gasteiger partial charge >= 0.3 is 0 Å². The van der Waals surface area contributed by atoms with Crippen molar-refractivity contribution in [1.82, 2.24) is 15.5 Å². The number of rotatable bonds is 1. The van der Waals surface area contributed by atoms with Crippen LogP contribution in [0, 0.1) is 15.2 Å². The molecule has 5 nitrogen and oxygen atoms in total. The number of benzene rings is 1. The minimum atomic E-state index is 0.567. The van der Waals surface area contributed by atoms with E-state index >= 15 is 0 Å². The van der Waals surface area contributed by atoms with E-state index in [1.165, 1.54) is 11.8 Å². The lowest BCUT2D eigenvalue weighted by Crippen LogP contribution is -2.12. The molecule has 0 saturated heterocycles. The summed E-state index contributed by atoms with van der Waals surface area (Å²) in [5.74, 6) is 0. The number of hydrogen-bond acceptors (Lipinski definition) is 4. The second-order valence-corrected chi connectivity index (χ2v) is 4.97. The number of nitrogens with one attached hydrogen (secondary N) is 2. The van der Waals surface area contributed by atoms with E-state index in [-0.39, 0.29) is 0 Å². The minimum Gasteiger partial charge on any atom is -0.271 e. The summed E-state index contributed by atoms with van der Waals surface area (Å²) in [4.78, 5) is 4.32. The molecule has 1 aromatic carbocycles. The summed E-state index contributed by atoms with van der Waals surface area (Å²) in [5.41, 5.74) is 1.64. The molecule has 0 atom stereocenters.